The van der Waals surface area contributed by atoms with E-state index >= 15 is 0 Å². The Morgan fingerprint density at radius 1 is 1.17 bits per heavy atom. The van der Waals surface area contributed by atoms with Gasteiger partial charge in [0.05, 0.1) is 39.6 Å². The number of nitrogens with one attached hydrogen (secondary N) is 2. The van der Waals surface area contributed by atoms with Gasteiger partial charge in [0.2, 0.25) is 0 Å². The van der Waals surface area contributed by atoms with Crippen LogP contribution in [0, 0.1) is 0 Å². The second-order valence-electron chi connectivity index (χ2n) is 6.14. The molecule has 0 aromatic rings. The van der Waals surface area contributed by atoms with Crippen molar-refractivity contribution in [3.8, 4) is 0 Å². The predicted molar refractivity (Wildman–Crippen MR) is 109 cm³/mol. The summed E-state index contributed by atoms with van der Waals surface area (Å²) in [6, 6.07) is 0. The van der Waals surface area contributed by atoms with Crippen LogP contribution in [0.25, 0.3) is 0 Å². The summed E-state index contributed by atoms with van der Waals surface area (Å²) < 4.78 is 15.8. The van der Waals surface area contributed by atoms with Crippen molar-refractivity contribution < 1.29 is 14.2 Å². The van der Waals surface area contributed by atoms with Gasteiger partial charge in [0.25, 0.3) is 0 Å². The molecule has 0 radical (unpaired) electrons. The summed E-state index contributed by atoms with van der Waals surface area (Å²) in [4.78, 5) is 7.17. The molecule has 2 N–H and O–H groups in total. The topological polar surface area (TPSA) is 67.4 Å². The molecular formula is C16H35IN4O3. The number of morpholine rings is 1. The molecule has 0 aliphatic carbocycles. The largest absolute Gasteiger partial charge is 0.382 e. The number of ether oxygens (including phenoxy) is 3. The van der Waals surface area contributed by atoms with E-state index in [2.05, 4.69) is 36.3 Å². The molecule has 1 aliphatic rings. The van der Waals surface area contributed by atoms with E-state index in [-0.39, 0.29) is 29.5 Å². The van der Waals surface area contributed by atoms with Crippen molar-refractivity contribution in [1.82, 2.24) is 15.5 Å². The Hall–Kier alpha value is -0.160. The quantitative estimate of drug-likeness (QED) is 0.220. The highest BCUT2D eigenvalue weighted by atomic mass is 127. The van der Waals surface area contributed by atoms with E-state index in [1.807, 2.05) is 0 Å². The third kappa shape index (κ3) is 9.97. The van der Waals surface area contributed by atoms with Crippen LogP contribution in [0.2, 0.25) is 0 Å². The van der Waals surface area contributed by atoms with Crippen molar-refractivity contribution in [1.29, 1.82) is 0 Å². The summed E-state index contributed by atoms with van der Waals surface area (Å²) in [5.74, 6) is 0.837. The number of methoxy groups -OCH3 is 1. The van der Waals surface area contributed by atoms with E-state index in [1.165, 1.54) is 0 Å². The predicted octanol–water partition coefficient (Wildman–Crippen LogP) is 0.933. The van der Waals surface area contributed by atoms with Gasteiger partial charge in [-0.05, 0) is 20.8 Å². The van der Waals surface area contributed by atoms with Crippen molar-refractivity contribution in [2.45, 2.75) is 26.3 Å². The van der Waals surface area contributed by atoms with Gasteiger partial charge in [-0.25, -0.2) is 0 Å². The van der Waals surface area contributed by atoms with E-state index in [4.69, 9.17) is 19.2 Å². The fourth-order valence-electron chi connectivity index (χ4n) is 2.37. The number of guanidine groups is 1. The van der Waals surface area contributed by atoms with Gasteiger partial charge in [-0.3, -0.25) is 9.89 Å². The number of halogens is 1. The molecule has 0 aromatic heterocycles. The van der Waals surface area contributed by atoms with Gasteiger partial charge in [0, 0.05) is 38.8 Å². The van der Waals surface area contributed by atoms with Gasteiger partial charge < -0.3 is 24.8 Å². The second kappa shape index (κ2) is 14.1. The van der Waals surface area contributed by atoms with Crippen LogP contribution in [0.15, 0.2) is 4.99 Å². The van der Waals surface area contributed by atoms with Crippen molar-refractivity contribution >= 4 is 29.9 Å². The molecule has 1 heterocycles. The van der Waals surface area contributed by atoms with Crippen LogP contribution >= 0.6 is 24.0 Å². The van der Waals surface area contributed by atoms with Crippen LogP contribution < -0.4 is 10.6 Å². The van der Waals surface area contributed by atoms with Crippen LogP contribution in [0.4, 0.5) is 0 Å². The molecule has 0 saturated carbocycles. The van der Waals surface area contributed by atoms with Crippen LogP contribution in [0.1, 0.15) is 20.8 Å². The molecule has 1 rings (SSSR count). The molecule has 0 bridgehead atoms. The van der Waals surface area contributed by atoms with Crippen LogP contribution in [-0.2, 0) is 14.2 Å². The third-order valence-electron chi connectivity index (χ3n) is 3.81. The first kappa shape index (κ1) is 23.8. The Kier molecular flexibility index (Phi) is 14.0. The van der Waals surface area contributed by atoms with E-state index in [9.17, 15) is 0 Å². The molecular weight excluding hydrogens is 423 g/mol. The molecule has 144 valence electrons. The maximum absolute atomic E-state index is 5.45. The average molecular weight is 458 g/mol. The third-order valence-corrected chi connectivity index (χ3v) is 3.81. The molecule has 0 amide bonds. The maximum Gasteiger partial charge on any atom is 0.191 e. The van der Waals surface area contributed by atoms with E-state index < -0.39 is 0 Å². The fourth-order valence-corrected chi connectivity index (χ4v) is 2.37. The summed E-state index contributed by atoms with van der Waals surface area (Å²) in [5.41, 5.74) is 0.0289. The van der Waals surface area contributed by atoms with Crippen molar-refractivity contribution in [3.05, 3.63) is 0 Å². The van der Waals surface area contributed by atoms with Gasteiger partial charge in [-0.1, -0.05) is 0 Å². The van der Waals surface area contributed by atoms with Crippen LogP contribution in [0.5, 0.6) is 0 Å². The minimum Gasteiger partial charge on any atom is -0.382 e. The lowest BCUT2D eigenvalue weighted by Gasteiger charge is -2.39. The van der Waals surface area contributed by atoms with Gasteiger partial charge in [-0.15, -0.1) is 24.0 Å². The average Bonchev–Trinajstić information content (AvgIpc) is 2.56. The Morgan fingerprint density at radius 3 is 2.50 bits per heavy atom. The summed E-state index contributed by atoms with van der Waals surface area (Å²) in [7, 11) is 1.67. The lowest BCUT2D eigenvalue weighted by molar-refractivity contribution is -0.00684. The highest BCUT2D eigenvalue weighted by molar-refractivity contribution is 14.0. The van der Waals surface area contributed by atoms with Gasteiger partial charge in [0.1, 0.15) is 0 Å². The molecule has 1 aliphatic heterocycles. The van der Waals surface area contributed by atoms with Gasteiger partial charge in [-0.2, -0.15) is 0 Å². The first-order valence-electron chi connectivity index (χ1n) is 8.52. The SMILES string of the molecule is CCNC(=NCC(C)(C)N1CCOCC1)NCCOCCOC.I. The fraction of sp³-hybridized carbons (Fsp3) is 0.938. The zero-order chi connectivity index (χ0) is 17.0. The van der Waals surface area contributed by atoms with Gasteiger partial charge >= 0.3 is 0 Å². The summed E-state index contributed by atoms with van der Waals surface area (Å²) in [6.45, 7) is 14.3. The number of rotatable bonds is 10. The smallest absolute Gasteiger partial charge is 0.191 e. The zero-order valence-electron chi connectivity index (χ0n) is 15.6. The highest BCUT2D eigenvalue weighted by Crippen LogP contribution is 2.16. The first-order chi connectivity index (χ1) is 11.1. The second-order valence-corrected chi connectivity index (χ2v) is 6.14. The lowest BCUT2D eigenvalue weighted by Crippen LogP contribution is -2.52. The molecule has 7 nitrogen and oxygen atoms in total. The molecule has 0 atom stereocenters. The minimum atomic E-state index is 0. The molecule has 0 unspecified atom stereocenters. The van der Waals surface area contributed by atoms with Crippen molar-refractivity contribution in [2.75, 3.05) is 72.9 Å². The van der Waals surface area contributed by atoms with Crippen LogP contribution in [0.3, 0.4) is 0 Å². The van der Waals surface area contributed by atoms with Crippen molar-refractivity contribution in [3.63, 3.8) is 0 Å². The summed E-state index contributed by atoms with van der Waals surface area (Å²) in [5, 5.41) is 6.58. The molecule has 24 heavy (non-hydrogen) atoms. The number of hydrogen-bond acceptors (Lipinski definition) is 5. The van der Waals surface area contributed by atoms with E-state index in [1.54, 1.807) is 7.11 Å². The van der Waals surface area contributed by atoms with E-state index in [0.29, 0.717) is 19.8 Å². The Balaban J connectivity index is 0.00000529. The zero-order valence-corrected chi connectivity index (χ0v) is 17.9. The normalized spacial score (nSPS) is 16.6. The number of nitrogens with zero attached hydrogens (tertiary/aromatic N) is 2. The van der Waals surface area contributed by atoms with Crippen LogP contribution in [-0.4, -0.2) is 89.3 Å². The summed E-state index contributed by atoms with van der Waals surface area (Å²) >= 11 is 0. The highest BCUT2D eigenvalue weighted by Gasteiger charge is 2.27. The monoisotopic (exact) mass is 458 g/mol. The molecule has 8 heteroatoms. The molecule has 0 spiro atoms. The summed E-state index contributed by atoms with van der Waals surface area (Å²) in [6.07, 6.45) is 0. The molecule has 1 saturated heterocycles. The minimum absolute atomic E-state index is 0. The standard InChI is InChI=1S/C16H34N4O3.HI/c1-5-17-15(18-6-9-22-13-12-21-4)19-14-16(2,3)20-7-10-23-11-8-20;/h5-14H2,1-4H3,(H2,17,18,19);1H. The van der Waals surface area contributed by atoms with Gasteiger partial charge in [0.15, 0.2) is 5.96 Å². The molecule has 0 aromatic carbocycles. The number of aliphatic imine (C=N–C) groups is 1. The Labute approximate surface area is 163 Å². The number of hydrogen-bond donors (Lipinski definition) is 2. The Bertz CT molecular complexity index is 337. The Morgan fingerprint density at radius 2 is 1.88 bits per heavy atom. The molecule has 1 fully saturated rings. The van der Waals surface area contributed by atoms with E-state index in [0.717, 1.165) is 51.9 Å². The van der Waals surface area contributed by atoms with Crippen molar-refractivity contribution in [2.24, 2.45) is 4.99 Å². The first-order valence-corrected chi connectivity index (χ1v) is 8.52. The lowest BCUT2D eigenvalue weighted by atomic mass is 10.0. The maximum atomic E-state index is 5.45.